The molecule has 2 saturated heterocycles. The molecule has 0 atom stereocenters. The third-order valence-corrected chi connectivity index (χ3v) is 10.0. The van der Waals surface area contributed by atoms with E-state index >= 15 is 0 Å². The molecule has 4 aromatic heterocycles. The van der Waals surface area contributed by atoms with Crippen LogP contribution in [0.1, 0.15) is 29.9 Å². The minimum absolute atomic E-state index is 0.104. The van der Waals surface area contributed by atoms with Crippen molar-refractivity contribution in [2.24, 2.45) is 0 Å². The maximum Gasteiger partial charge on any atom is 0.428 e. The van der Waals surface area contributed by atoms with Gasteiger partial charge in [-0.25, -0.2) is 4.79 Å². The summed E-state index contributed by atoms with van der Waals surface area (Å²) < 4.78 is 23.2. The van der Waals surface area contributed by atoms with Crippen molar-refractivity contribution in [3.63, 3.8) is 0 Å². The second-order valence-corrected chi connectivity index (χ2v) is 13.9. The van der Waals surface area contributed by atoms with Crippen LogP contribution in [0.4, 0.5) is 22.7 Å². The lowest BCUT2D eigenvalue weighted by atomic mass is 10.1. The van der Waals surface area contributed by atoms with E-state index in [1.807, 2.05) is 48.5 Å². The lowest BCUT2D eigenvalue weighted by molar-refractivity contribution is -0.111. The number of piperidine rings is 1. The number of nitrogens with one attached hydrogen (secondary N) is 5. The van der Waals surface area contributed by atoms with Crippen LogP contribution in [0.25, 0.3) is 28.0 Å². The summed E-state index contributed by atoms with van der Waals surface area (Å²) in [4.78, 5) is 45.9. The van der Waals surface area contributed by atoms with Gasteiger partial charge in [-0.15, -0.1) is 5.10 Å². The Kier molecular flexibility index (Phi) is 11.8. The zero-order valence-electron chi connectivity index (χ0n) is 33.0. The zero-order valence-corrected chi connectivity index (χ0v) is 33.0. The third-order valence-electron chi connectivity index (χ3n) is 10.0. The number of anilines is 4. The molecule has 0 saturated carbocycles. The number of methoxy groups -OCH3 is 1. The van der Waals surface area contributed by atoms with Gasteiger partial charge in [0.05, 0.1) is 47.8 Å². The fraction of sp³-hybridized carbons (Fsp3) is 0.244. The molecule has 9 rings (SSSR count). The molecule has 0 radical (unpaired) electrons. The van der Waals surface area contributed by atoms with Gasteiger partial charge < -0.3 is 44.1 Å². The van der Waals surface area contributed by atoms with Gasteiger partial charge in [-0.1, -0.05) is 35.4 Å². The minimum Gasteiger partial charge on any atom is -0.497 e. The molecule has 2 amide bonds. The van der Waals surface area contributed by atoms with Crippen molar-refractivity contribution in [3.8, 4) is 11.8 Å². The molecule has 312 valence electrons. The number of fused-ring (bicyclic) bond motifs is 2. The highest BCUT2D eigenvalue weighted by molar-refractivity contribution is 6.40. The third kappa shape index (κ3) is 8.78. The summed E-state index contributed by atoms with van der Waals surface area (Å²) in [5, 5.41) is 37.9. The Labute approximate surface area is 347 Å². The first kappa shape index (κ1) is 39.9. The first-order chi connectivity index (χ1) is 29.8. The highest BCUT2D eigenvalue weighted by Gasteiger charge is 2.23. The highest BCUT2D eigenvalue weighted by atomic mass is 16.5. The van der Waals surface area contributed by atoms with Crippen LogP contribution in [0, 0.1) is 10.8 Å². The second-order valence-electron chi connectivity index (χ2n) is 13.9. The number of hydrogen-bond acceptors (Lipinski definition) is 16. The van der Waals surface area contributed by atoms with Gasteiger partial charge in [-0.3, -0.25) is 25.4 Å². The number of para-hydroxylation sites is 3. The number of piperazine rings is 1. The number of hydrogen-bond donors (Lipinski definition) is 5. The van der Waals surface area contributed by atoms with Crippen molar-refractivity contribution in [3.05, 3.63) is 108 Å². The van der Waals surface area contributed by atoms with Crippen LogP contribution in [-0.2, 0) is 9.53 Å². The van der Waals surface area contributed by atoms with Gasteiger partial charge in [0.25, 0.3) is 5.90 Å². The van der Waals surface area contributed by atoms with Crippen molar-refractivity contribution in [1.29, 1.82) is 10.8 Å². The number of pyridine rings is 1. The van der Waals surface area contributed by atoms with Crippen LogP contribution in [0.2, 0.25) is 0 Å². The molecule has 3 aromatic carbocycles. The number of carbonyl (C=O) groups excluding carboxylic acids is 2. The zero-order chi connectivity index (χ0) is 42.3. The number of carbonyl (C=O) groups is 2. The molecule has 0 unspecified atom stereocenters. The highest BCUT2D eigenvalue weighted by Crippen LogP contribution is 2.29. The van der Waals surface area contributed by atoms with Gasteiger partial charge in [0, 0.05) is 56.9 Å². The van der Waals surface area contributed by atoms with Gasteiger partial charge >= 0.3 is 35.5 Å². The largest absolute Gasteiger partial charge is 0.497 e. The normalized spacial score (nSPS) is 13.9. The number of nitrogens with zero attached hydrogens (tertiary/aromatic N) is 8. The second kappa shape index (κ2) is 18.0. The van der Waals surface area contributed by atoms with E-state index in [0.717, 1.165) is 84.6 Å². The summed E-state index contributed by atoms with van der Waals surface area (Å²) in [5.41, 5.74) is 4.18. The van der Waals surface area contributed by atoms with Crippen molar-refractivity contribution in [1.82, 2.24) is 34.8 Å². The molecule has 0 aliphatic carbocycles. The van der Waals surface area contributed by atoms with Crippen molar-refractivity contribution >= 4 is 68.5 Å². The molecular weight excluding hydrogens is 787 g/mol. The van der Waals surface area contributed by atoms with Gasteiger partial charge in [0.1, 0.15) is 11.3 Å². The van der Waals surface area contributed by atoms with E-state index < -0.39 is 29.5 Å². The van der Waals surface area contributed by atoms with Crippen LogP contribution in [0.5, 0.6) is 5.75 Å². The Morgan fingerprint density at radius 3 is 2.38 bits per heavy atom. The van der Waals surface area contributed by atoms with E-state index in [1.165, 1.54) is 36.5 Å². The van der Waals surface area contributed by atoms with Crippen LogP contribution < -0.4 is 36.2 Å². The summed E-state index contributed by atoms with van der Waals surface area (Å²) in [7, 11) is 1.47. The van der Waals surface area contributed by atoms with E-state index in [4.69, 9.17) is 29.1 Å². The van der Waals surface area contributed by atoms with Crippen LogP contribution in [-0.4, -0.2) is 99.6 Å². The van der Waals surface area contributed by atoms with Crippen molar-refractivity contribution in [2.75, 3.05) is 66.8 Å². The topological polar surface area (TPSA) is 248 Å². The summed E-state index contributed by atoms with van der Waals surface area (Å²) in [6.45, 7) is 5.11. The van der Waals surface area contributed by atoms with E-state index in [0.29, 0.717) is 11.4 Å². The molecule has 20 nitrogen and oxygen atoms in total. The van der Waals surface area contributed by atoms with Gasteiger partial charge in [-0.2, -0.15) is 14.3 Å². The molecule has 61 heavy (non-hydrogen) atoms. The number of rotatable bonds is 7. The minimum atomic E-state index is -0.889. The Morgan fingerprint density at radius 1 is 0.803 bits per heavy atom. The van der Waals surface area contributed by atoms with Crippen LogP contribution in [0.15, 0.2) is 105 Å². The average Bonchev–Trinajstić information content (AvgIpc) is 4.04. The number of amides is 2. The summed E-state index contributed by atoms with van der Waals surface area (Å²) in [6.07, 6.45) is 8.39. The van der Waals surface area contributed by atoms with E-state index in [2.05, 4.69) is 46.0 Å². The lowest BCUT2D eigenvalue weighted by Crippen LogP contribution is -2.44. The van der Waals surface area contributed by atoms with E-state index in [1.54, 1.807) is 24.5 Å². The Balaban J connectivity index is 0.000000169. The molecule has 7 aromatic rings. The maximum absolute atomic E-state index is 12.7. The number of benzene rings is 3. The Bertz CT molecular complexity index is 2780. The van der Waals surface area contributed by atoms with Gasteiger partial charge in [0.2, 0.25) is 0 Å². The van der Waals surface area contributed by atoms with Gasteiger partial charge in [-0.05, 0) is 55.7 Å². The Hall–Kier alpha value is -7.87. The average molecular weight is 828 g/mol. The monoisotopic (exact) mass is 827 g/mol. The Morgan fingerprint density at radius 2 is 1.56 bits per heavy atom. The molecule has 2 fully saturated rings. The van der Waals surface area contributed by atoms with E-state index in [9.17, 15) is 14.4 Å². The van der Waals surface area contributed by atoms with Crippen LogP contribution in [0.3, 0.4) is 0 Å². The van der Waals surface area contributed by atoms with E-state index in [-0.39, 0.29) is 23.0 Å². The molecular formula is C41H41N13O7. The smallest absolute Gasteiger partial charge is 0.428 e. The lowest BCUT2D eigenvalue weighted by Gasteiger charge is -2.30. The maximum atomic E-state index is 12.7. The standard InChI is InChI=1S/C21H20N6O2.C20H21N7O5/c28-19(23-16-9-3-5-11-18(16)26-12-6-1-7-13-26)20-24-25-21(29-20)27-17-10-4-2-8-15(17)14-22-27;1-30-12-2-3-15-16(10-12)31-20(29)27(15)19(22)32-17(21)18(28)25-13-11-24-5-4-14(13)26-8-6-23-7-9-26/h2-5,8-11,14H,1,6-7,12-13H2,(H,23,28);2-5,10-11,21-23H,6-9H2,1H3,(H,25,28). The first-order valence-electron chi connectivity index (χ1n) is 19.5. The van der Waals surface area contributed by atoms with Crippen molar-refractivity contribution in [2.45, 2.75) is 19.3 Å². The molecule has 20 heteroatoms. The predicted molar refractivity (Wildman–Crippen MR) is 226 cm³/mol. The molecule has 5 N–H and O–H groups in total. The molecule has 0 bridgehead atoms. The fourth-order valence-electron chi connectivity index (χ4n) is 7.03. The van der Waals surface area contributed by atoms with Crippen molar-refractivity contribution < 1.29 is 27.9 Å². The van der Waals surface area contributed by atoms with Crippen LogP contribution >= 0.6 is 0 Å². The molecule has 6 heterocycles. The SMILES string of the molecule is COc1ccc2c(c1)oc(=O)n2C(=N)OC(=N)C(=O)Nc1cnccc1N1CCNCC1.O=C(Nc1ccccc1N1CCCCC1)c1nnc(-n2ncc3ccccc32)o1. The summed E-state index contributed by atoms with van der Waals surface area (Å²) >= 11 is 0. The molecule has 2 aliphatic heterocycles. The molecule has 2 aliphatic rings. The summed E-state index contributed by atoms with van der Waals surface area (Å²) in [5.74, 6) is -2.71. The fourth-order valence-corrected chi connectivity index (χ4v) is 7.03. The number of ether oxygens (including phenoxy) is 2. The number of aromatic nitrogens is 6. The molecule has 0 spiro atoms. The summed E-state index contributed by atoms with van der Waals surface area (Å²) in [6, 6.07) is 21.2. The number of oxazole rings is 1. The first-order valence-corrected chi connectivity index (χ1v) is 19.5. The predicted octanol–water partition coefficient (Wildman–Crippen LogP) is 4.47. The van der Waals surface area contributed by atoms with Gasteiger partial charge in [0.15, 0.2) is 5.58 Å². The quantitative estimate of drug-likeness (QED) is 0.110.